The molecule has 9 nitrogen and oxygen atoms in total. The molecule has 0 aliphatic rings. The number of aromatic nitrogens is 5. The van der Waals surface area contributed by atoms with Gasteiger partial charge in [0.05, 0.1) is 23.0 Å². The van der Waals surface area contributed by atoms with E-state index in [-0.39, 0.29) is 22.6 Å². The zero-order valence-electron chi connectivity index (χ0n) is 14.8. The van der Waals surface area contributed by atoms with Gasteiger partial charge in [-0.25, -0.2) is 23.2 Å². The number of halogens is 3. The van der Waals surface area contributed by atoms with E-state index in [1.54, 1.807) is 0 Å². The molecule has 0 saturated heterocycles. The van der Waals surface area contributed by atoms with Gasteiger partial charge in [0.15, 0.2) is 21.4 Å². The molecule has 0 aromatic carbocycles. The molecule has 3 aromatic rings. The number of alkyl halides is 3. The van der Waals surface area contributed by atoms with Crippen LogP contribution in [0.2, 0.25) is 0 Å². The highest BCUT2D eigenvalue weighted by Crippen LogP contribution is 2.33. The SMILES string of the molecule is CCS(=O)(=O)c1c(-c2nc3cc(C(F)(F)F)ncc3n2C)nn(C)c1C(=O)O. The number of pyridine rings is 1. The number of carboxylic acid groups (broad SMARTS) is 1. The van der Waals surface area contributed by atoms with Gasteiger partial charge in [-0.2, -0.15) is 18.3 Å². The third kappa shape index (κ3) is 3.00. The Kier molecular flexibility index (Phi) is 4.45. The molecule has 28 heavy (non-hydrogen) atoms. The standard InChI is InChI=1S/C15H14F3N5O4S/c1-4-28(26,27)12-10(21-23(3)11(12)14(24)25)13-20-7-5-9(15(16,17)18)19-6-8(7)22(13)2/h5-6H,4H2,1-3H3,(H,24,25). The summed E-state index contributed by atoms with van der Waals surface area (Å²) in [5.74, 6) is -1.99. The Labute approximate surface area is 156 Å². The van der Waals surface area contributed by atoms with Crippen molar-refractivity contribution in [2.75, 3.05) is 5.75 Å². The van der Waals surface area contributed by atoms with E-state index >= 15 is 0 Å². The minimum atomic E-state index is -4.68. The lowest BCUT2D eigenvalue weighted by Gasteiger charge is -2.05. The monoisotopic (exact) mass is 417 g/mol. The van der Waals surface area contributed by atoms with Crippen LogP contribution < -0.4 is 0 Å². The molecule has 0 amide bonds. The Morgan fingerprint density at radius 1 is 1.29 bits per heavy atom. The van der Waals surface area contributed by atoms with E-state index in [0.717, 1.165) is 16.9 Å². The molecule has 3 heterocycles. The number of carboxylic acids is 1. The number of hydrogen-bond acceptors (Lipinski definition) is 6. The quantitative estimate of drug-likeness (QED) is 0.688. The zero-order chi connectivity index (χ0) is 21.0. The molecule has 3 rings (SSSR count). The number of rotatable bonds is 4. The normalized spacial score (nSPS) is 12.6. The number of aromatic carboxylic acids is 1. The van der Waals surface area contributed by atoms with Crippen molar-refractivity contribution in [2.24, 2.45) is 14.1 Å². The van der Waals surface area contributed by atoms with Gasteiger partial charge in [-0.05, 0) is 6.07 Å². The lowest BCUT2D eigenvalue weighted by atomic mass is 10.3. The van der Waals surface area contributed by atoms with Crippen LogP contribution in [0.15, 0.2) is 17.2 Å². The van der Waals surface area contributed by atoms with Crippen LogP contribution >= 0.6 is 0 Å². The highest BCUT2D eigenvalue weighted by molar-refractivity contribution is 7.91. The summed E-state index contributed by atoms with van der Waals surface area (Å²) in [7, 11) is -1.33. The van der Waals surface area contributed by atoms with E-state index in [9.17, 15) is 31.5 Å². The summed E-state index contributed by atoms with van der Waals surface area (Å²) in [5.41, 5.74) is -1.85. The molecule has 150 valence electrons. The fraction of sp³-hybridized carbons (Fsp3) is 0.333. The second kappa shape index (κ2) is 6.29. The Balaban J connectivity index is 2.36. The summed E-state index contributed by atoms with van der Waals surface area (Å²) in [5, 5.41) is 13.4. The van der Waals surface area contributed by atoms with E-state index in [1.807, 2.05) is 0 Å². The summed E-state index contributed by atoms with van der Waals surface area (Å²) in [4.78, 5) is 18.5. The fourth-order valence-corrected chi connectivity index (χ4v) is 4.01. The van der Waals surface area contributed by atoms with Gasteiger partial charge in [-0.3, -0.25) is 4.68 Å². The summed E-state index contributed by atoms with van der Waals surface area (Å²) < 4.78 is 66.0. The van der Waals surface area contributed by atoms with Gasteiger partial charge in [0.1, 0.15) is 16.3 Å². The highest BCUT2D eigenvalue weighted by atomic mass is 32.2. The van der Waals surface area contributed by atoms with E-state index < -0.39 is 44.0 Å². The lowest BCUT2D eigenvalue weighted by molar-refractivity contribution is -0.141. The third-order valence-electron chi connectivity index (χ3n) is 4.17. The number of imidazole rings is 1. The number of fused-ring (bicyclic) bond motifs is 1. The second-order valence-electron chi connectivity index (χ2n) is 5.91. The van der Waals surface area contributed by atoms with Gasteiger partial charge in [0, 0.05) is 14.1 Å². The van der Waals surface area contributed by atoms with Gasteiger partial charge in [-0.15, -0.1) is 0 Å². The molecule has 13 heteroatoms. The van der Waals surface area contributed by atoms with Gasteiger partial charge in [0.2, 0.25) is 0 Å². The number of sulfone groups is 1. The van der Waals surface area contributed by atoms with Crippen LogP contribution in [0.4, 0.5) is 13.2 Å². The first-order valence-corrected chi connectivity index (χ1v) is 9.46. The molecule has 0 aliphatic heterocycles. The molecule has 0 atom stereocenters. The molecule has 0 saturated carbocycles. The average molecular weight is 417 g/mol. The molecular weight excluding hydrogens is 403 g/mol. The molecule has 0 bridgehead atoms. The van der Waals surface area contributed by atoms with E-state index in [1.165, 1.54) is 25.6 Å². The van der Waals surface area contributed by atoms with Crippen molar-refractivity contribution < 1.29 is 31.5 Å². The maximum Gasteiger partial charge on any atom is 0.433 e. The first kappa shape index (κ1) is 19.8. The largest absolute Gasteiger partial charge is 0.476 e. The number of carbonyl (C=O) groups is 1. The van der Waals surface area contributed by atoms with Crippen LogP contribution in [0.25, 0.3) is 22.6 Å². The van der Waals surface area contributed by atoms with E-state index in [2.05, 4.69) is 15.1 Å². The minimum Gasteiger partial charge on any atom is -0.476 e. The Bertz CT molecular complexity index is 1210. The van der Waals surface area contributed by atoms with E-state index in [0.29, 0.717) is 0 Å². The summed E-state index contributed by atoms with van der Waals surface area (Å²) >= 11 is 0. The maximum atomic E-state index is 12.9. The average Bonchev–Trinajstić information content (AvgIpc) is 3.11. The molecule has 0 fully saturated rings. The van der Waals surface area contributed by atoms with Gasteiger partial charge in [0.25, 0.3) is 0 Å². The molecule has 0 radical (unpaired) electrons. The van der Waals surface area contributed by atoms with Crippen molar-refractivity contribution in [3.05, 3.63) is 23.7 Å². The van der Waals surface area contributed by atoms with E-state index in [4.69, 9.17) is 0 Å². The van der Waals surface area contributed by atoms with Crippen LogP contribution in [0, 0.1) is 0 Å². The molecule has 0 aliphatic carbocycles. The Morgan fingerprint density at radius 2 is 1.93 bits per heavy atom. The van der Waals surface area contributed by atoms with Crippen LogP contribution in [0.1, 0.15) is 23.1 Å². The zero-order valence-corrected chi connectivity index (χ0v) is 15.6. The molecular formula is C15H14F3N5O4S. The van der Waals surface area contributed by atoms with Crippen molar-refractivity contribution in [3.63, 3.8) is 0 Å². The molecule has 1 N–H and O–H groups in total. The predicted molar refractivity (Wildman–Crippen MR) is 90.4 cm³/mol. The highest BCUT2D eigenvalue weighted by Gasteiger charge is 2.35. The number of nitrogens with zero attached hydrogens (tertiary/aromatic N) is 5. The molecule has 0 unspecified atom stereocenters. The van der Waals surface area contributed by atoms with Crippen molar-refractivity contribution in [2.45, 2.75) is 18.0 Å². The molecule has 3 aromatic heterocycles. The van der Waals surface area contributed by atoms with Crippen molar-refractivity contribution in [3.8, 4) is 11.5 Å². The number of hydrogen-bond donors (Lipinski definition) is 1. The summed E-state index contributed by atoms with van der Waals surface area (Å²) in [6.45, 7) is 1.34. The third-order valence-corrected chi connectivity index (χ3v) is 5.94. The molecule has 0 spiro atoms. The first-order valence-electron chi connectivity index (χ1n) is 7.81. The maximum absolute atomic E-state index is 12.9. The smallest absolute Gasteiger partial charge is 0.433 e. The Morgan fingerprint density at radius 3 is 2.46 bits per heavy atom. The van der Waals surface area contributed by atoms with Crippen LogP contribution in [-0.4, -0.2) is 49.6 Å². The first-order chi connectivity index (χ1) is 12.9. The summed E-state index contributed by atoms with van der Waals surface area (Å²) in [6.07, 6.45) is -3.71. The van der Waals surface area contributed by atoms with Crippen molar-refractivity contribution >= 4 is 26.8 Å². The number of aryl methyl sites for hydroxylation is 2. The lowest BCUT2D eigenvalue weighted by Crippen LogP contribution is -2.13. The topological polar surface area (TPSA) is 120 Å². The van der Waals surface area contributed by atoms with Gasteiger partial charge >= 0.3 is 12.1 Å². The van der Waals surface area contributed by atoms with Gasteiger partial charge < -0.3 is 9.67 Å². The van der Waals surface area contributed by atoms with Crippen molar-refractivity contribution in [1.29, 1.82) is 0 Å². The summed E-state index contributed by atoms with van der Waals surface area (Å²) in [6, 6.07) is 0.730. The van der Waals surface area contributed by atoms with Gasteiger partial charge in [-0.1, -0.05) is 6.92 Å². The Hall–Kier alpha value is -2.96. The fourth-order valence-electron chi connectivity index (χ4n) is 2.78. The van der Waals surface area contributed by atoms with Crippen LogP contribution in [-0.2, 0) is 30.1 Å². The van der Waals surface area contributed by atoms with Crippen LogP contribution in [0.5, 0.6) is 0 Å². The minimum absolute atomic E-state index is 0.0813. The van der Waals surface area contributed by atoms with Crippen LogP contribution in [0.3, 0.4) is 0 Å². The van der Waals surface area contributed by atoms with Crippen molar-refractivity contribution in [1.82, 2.24) is 24.3 Å². The second-order valence-corrected chi connectivity index (χ2v) is 8.12. The predicted octanol–water partition coefficient (Wildman–Crippen LogP) is 1.88.